The molecule has 1 aliphatic heterocycles. The van der Waals surface area contributed by atoms with Crippen LogP contribution in [0.4, 0.5) is 0 Å². The second kappa shape index (κ2) is 9.89. The summed E-state index contributed by atoms with van der Waals surface area (Å²) < 4.78 is 38.2. The fourth-order valence-corrected chi connectivity index (χ4v) is 5.42. The highest BCUT2D eigenvalue weighted by Crippen LogP contribution is 2.32. The summed E-state index contributed by atoms with van der Waals surface area (Å²) in [7, 11) is -0.863. The van der Waals surface area contributed by atoms with Gasteiger partial charge < -0.3 is 14.8 Å². The molecule has 0 unspecified atom stereocenters. The fraction of sp³-hybridized carbons (Fsp3) is 0.409. The topological polar surface area (TPSA) is 84.9 Å². The van der Waals surface area contributed by atoms with E-state index in [9.17, 15) is 13.2 Å². The Hall–Kier alpha value is -2.29. The standard InChI is InChI=1S/C22H27ClN2O5S/c1-15(16-4-6-18(23)7-5-16)24-22(26)17-10-12-25(13-11-17)31(27,28)21-14-19(29-2)8-9-20(21)30-3/h4-9,14-15,17H,10-13H2,1-3H3,(H,24,26)/t15-/m0/s1. The molecule has 7 nitrogen and oxygen atoms in total. The van der Waals surface area contributed by atoms with Gasteiger partial charge in [-0.05, 0) is 49.6 Å². The molecule has 31 heavy (non-hydrogen) atoms. The first-order valence-corrected chi connectivity index (χ1v) is 11.9. The average molecular weight is 467 g/mol. The number of ether oxygens (including phenoxy) is 2. The van der Waals surface area contributed by atoms with Crippen LogP contribution in [0.2, 0.25) is 5.02 Å². The van der Waals surface area contributed by atoms with Gasteiger partial charge in [0.2, 0.25) is 15.9 Å². The molecule has 0 bridgehead atoms. The Labute approximate surface area is 188 Å². The molecule has 1 aliphatic rings. The SMILES string of the molecule is COc1ccc(OC)c(S(=O)(=O)N2CCC(C(=O)N[C@@H](C)c3ccc(Cl)cc3)CC2)c1. The van der Waals surface area contributed by atoms with Crippen LogP contribution in [0.5, 0.6) is 11.5 Å². The number of hydrogen-bond donors (Lipinski definition) is 1. The van der Waals surface area contributed by atoms with Gasteiger partial charge in [-0.3, -0.25) is 4.79 Å². The van der Waals surface area contributed by atoms with Crippen molar-refractivity contribution in [2.24, 2.45) is 5.92 Å². The molecule has 1 saturated heterocycles. The van der Waals surface area contributed by atoms with Crippen molar-refractivity contribution in [2.75, 3.05) is 27.3 Å². The van der Waals surface area contributed by atoms with Crippen LogP contribution in [0.25, 0.3) is 0 Å². The van der Waals surface area contributed by atoms with Crippen molar-refractivity contribution < 1.29 is 22.7 Å². The summed E-state index contributed by atoms with van der Waals surface area (Å²) in [4.78, 5) is 12.8. The van der Waals surface area contributed by atoms with Crippen LogP contribution < -0.4 is 14.8 Å². The molecule has 1 N–H and O–H groups in total. The highest BCUT2D eigenvalue weighted by Gasteiger charge is 2.34. The van der Waals surface area contributed by atoms with E-state index in [0.717, 1.165) is 5.56 Å². The zero-order chi connectivity index (χ0) is 22.6. The smallest absolute Gasteiger partial charge is 0.246 e. The van der Waals surface area contributed by atoms with Gasteiger partial charge in [0.1, 0.15) is 16.4 Å². The molecule has 1 heterocycles. The number of amides is 1. The van der Waals surface area contributed by atoms with Crippen molar-refractivity contribution in [1.82, 2.24) is 9.62 Å². The van der Waals surface area contributed by atoms with E-state index in [0.29, 0.717) is 23.6 Å². The number of halogens is 1. The molecule has 1 fully saturated rings. The van der Waals surface area contributed by atoms with Crippen LogP contribution >= 0.6 is 11.6 Å². The lowest BCUT2D eigenvalue weighted by molar-refractivity contribution is -0.126. The van der Waals surface area contributed by atoms with Gasteiger partial charge >= 0.3 is 0 Å². The summed E-state index contributed by atoms with van der Waals surface area (Å²) in [5.74, 6) is 0.383. The second-order valence-electron chi connectivity index (χ2n) is 7.48. The molecule has 1 atom stereocenters. The van der Waals surface area contributed by atoms with Crippen molar-refractivity contribution >= 4 is 27.5 Å². The number of carbonyl (C=O) groups excluding carboxylic acids is 1. The monoisotopic (exact) mass is 466 g/mol. The number of carbonyl (C=O) groups is 1. The Morgan fingerprint density at radius 3 is 2.32 bits per heavy atom. The van der Waals surface area contributed by atoms with E-state index in [2.05, 4.69) is 5.32 Å². The summed E-state index contributed by atoms with van der Waals surface area (Å²) in [6.07, 6.45) is 0.898. The van der Waals surface area contributed by atoms with E-state index >= 15 is 0 Å². The molecule has 0 aromatic heterocycles. The molecule has 9 heteroatoms. The number of piperidine rings is 1. The largest absolute Gasteiger partial charge is 0.497 e. The van der Waals surface area contributed by atoms with Gasteiger partial charge in [-0.15, -0.1) is 0 Å². The molecule has 0 saturated carbocycles. The first-order chi connectivity index (χ1) is 14.8. The number of methoxy groups -OCH3 is 2. The Bertz CT molecular complexity index is 1020. The van der Waals surface area contributed by atoms with Crippen LogP contribution in [0.1, 0.15) is 31.4 Å². The maximum Gasteiger partial charge on any atom is 0.246 e. The third-order valence-corrected chi connectivity index (χ3v) is 7.71. The predicted molar refractivity (Wildman–Crippen MR) is 119 cm³/mol. The van der Waals surface area contributed by atoms with Gasteiger partial charge in [-0.1, -0.05) is 23.7 Å². The fourth-order valence-electron chi connectivity index (χ4n) is 3.65. The lowest BCUT2D eigenvalue weighted by atomic mass is 9.96. The lowest BCUT2D eigenvalue weighted by Crippen LogP contribution is -2.43. The Morgan fingerprint density at radius 1 is 1.10 bits per heavy atom. The van der Waals surface area contributed by atoms with Crippen LogP contribution in [-0.2, 0) is 14.8 Å². The molecular weight excluding hydrogens is 440 g/mol. The first-order valence-electron chi connectivity index (χ1n) is 10.0. The number of nitrogens with zero attached hydrogens (tertiary/aromatic N) is 1. The van der Waals surface area contributed by atoms with Gasteiger partial charge in [-0.25, -0.2) is 8.42 Å². The van der Waals surface area contributed by atoms with Gasteiger partial charge in [0.05, 0.1) is 20.3 Å². The minimum absolute atomic E-state index is 0.0635. The van der Waals surface area contributed by atoms with Gasteiger partial charge in [0.15, 0.2) is 0 Å². The zero-order valence-electron chi connectivity index (χ0n) is 17.8. The number of benzene rings is 2. The van der Waals surface area contributed by atoms with Crippen molar-refractivity contribution in [2.45, 2.75) is 30.7 Å². The summed E-state index contributed by atoms with van der Waals surface area (Å²) >= 11 is 5.92. The molecule has 3 rings (SSSR count). The van der Waals surface area contributed by atoms with E-state index in [4.69, 9.17) is 21.1 Å². The highest BCUT2D eigenvalue weighted by molar-refractivity contribution is 7.89. The van der Waals surface area contributed by atoms with Crippen LogP contribution in [0.15, 0.2) is 47.4 Å². The van der Waals surface area contributed by atoms with Gasteiger partial charge in [-0.2, -0.15) is 4.31 Å². The van der Waals surface area contributed by atoms with E-state index < -0.39 is 10.0 Å². The zero-order valence-corrected chi connectivity index (χ0v) is 19.4. The quantitative estimate of drug-likeness (QED) is 0.673. The Kier molecular flexibility index (Phi) is 7.46. The van der Waals surface area contributed by atoms with Crippen LogP contribution in [-0.4, -0.2) is 45.9 Å². The van der Waals surface area contributed by atoms with Crippen molar-refractivity contribution in [3.05, 3.63) is 53.1 Å². The molecule has 0 aliphatic carbocycles. The molecule has 2 aromatic carbocycles. The molecule has 0 radical (unpaired) electrons. The van der Waals surface area contributed by atoms with Crippen molar-refractivity contribution in [3.8, 4) is 11.5 Å². The number of hydrogen-bond acceptors (Lipinski definition) is 5. The summed E-state index contributed by atoms with van der Waals surface area (Å²) in [5.41, 5.74) is 0.961. The number of rotatable bonds is 7. The molecule has 1 amide bonds. The third-order valence-electron chi connectivity index (χ3n) is 5.54. The highest BCUT2D eigenvalue weighted by atomic mass is 35.5. The maximum atomic E-state index is 13.2. The molecule has 168 valence electrons. The third kappa shape index (κ3) is 5.31. The van der Waals surface area contributed by atoms with Crippen LogP contribution in [0.3, 0.4) is 0 Å². The Morgan fingerprint density at radius 2 is 1.74 bits per heavy atom. The maximum absolute atomic E-state index is 13.2. The minimum Gasteiger partial charge on any atom is -0.497 e. The molecular formula is C22H27ClN2O5S. The minimum atomic E-state index is -3.77. The van der Waals surface area contributed by atoms with Crippen molar-refractivity contribution in [1.29, 1.82) is 0 Å². The van der Waals surface area contributed by atoms with Gasteiger partial charge in [0.25, 0.3) is 0 Å². The predicted octanol–water partition coefficient (Wildman–Crippen LogP) is 3.64. The van der Waals surface area contributed by atoms with E-state index in [-0.39, 0.29) is 41.6 Å². The summed E-state index contributed by atoms with van der Waals surface area (Å²) in [5, 5.41) is 3.66. The van der Waals surface area contributed by atoms with Crippen molar-refractivity contribution in [3.63, 3.8) is 0 Å². The van der Waals surface area contributed by atoms with E-state index in [1.54, 1.807) is 24.3 Å². The first kappa shape index (κ1) is 23.4. The number of nitrogens with one attached hydrogen (secondary N) is 1. The van der Waals surface area contributed by atoms with E-state index in [1.165, 1.54) is 24.6 Å². The van der Waals surface area contributed by atoms with E-state index in [1.807, 2.05) is 19.1 Å². The molecule has 2 aromatic rings. The van der Waals surface area contributed by atoms with Crippen LogP contribution in [0, 0.1) is 5.92 Å². The number of sulfonamides is 1. The Balaban J connectivity index is 1.64. The normalized spacial score (nSPS) is 16.5. The summed E-state index contributed by atoms with van der Waals surface area (Å²) in [6.45, 7) is 2.43. The molecule has 0 spiro atoms. The second-order valence-corrected chi connectivity index (χ2v) is 9.82. The van der Waals surface area contributed by atoms with Gasteiger partial charge in [0, 0.05) is 30.1 Å². The average Bonchev–Trinajstić information content (AvgIpc) is 2.79. The summed E-state index contributed by atoms with van der Waals surface area (Å²) in [6, 6.07) is 11.9. The lowest BCUT2D eigenvalue weighted by Gasteiger charge is -2.31.